The number of hydrogen-bond donors (Lipinski definition) is 0. The standard InChI is InChI=1S/C19H30ClNO5S/c1-14(2)17(18(22)26-19(3,4)5)13-27(23,24)21(6)11-12-25-16-9-7-15(20)8-10-16/h7-10,14,17H,11-13H2,1-6H3. The van der Waals surface area contributed by atoms with Gasteiger partial charge >= 0.3 is 5.97 Å². The summed E-state index contributed by atoms with van der Waals surface area (Å²) in [4.78, 5) is 12.4. The number of esters is 1. The molecule has 0 aliphatic heterocycles. The normalized spacial score (nSPS) is 13.7. The Morgan fingerprint density at radius 1 is 1.19 bits per heavy atom. The number of halogens is 1. The predicted molar refractivity (Wildman–Crippen MR) is 108 cm³/mol. The summed E-state index contributed by atoms with van der Waals surface area (Å²) < 4.78 is 37.4. The van der Waals surface area contributed by atoms with E-state index < -0.39 is 27.5 Å². The van der Waals surface area contributed by atoms with Crippen molar-refractivity contribution in [3.63, 3.8) is 0 Å². The van der Waals surface area contributed by atoms with Crippen molar-refractivity contribution in [3.05, 3.63) is 29.3 Å². The second kappa shape index (κ2) is 9.75. The minimum atomic E-state index is -3.63. The number of likely N-dealkylation sites (N-methyl/N-ethyl adjacent to an activating group) is 1. The summed E-state index contributed by atoms with van der Waals surface area (Å²) >= 11 is 5.81. The van der Waals surface area contributed by atoms with Crippen LogP contribution in [0.1, 0.15) is 34.6 Å². The summed E-state index contributed by atoms with van der Waals surface area (Å²) in [6.07, 6.45) is 0. The molecule has 0 heterocycles. The highest BCUT2D eigenvalue weighted by molar-refractivity contribution is 7.89. The van der Waals surface area contributed by atoms with Crippen LogP contribution in [0.2, 0.25) is 5.02 Å². The van der Waals surface area contributed by atoms with E-state index in [1.165, 1.54) is 11.4 Å². The molecule has 1 unspecified atom stereocenters. The first-order valence-electron chi connectivity index (χ1n) is 8.87. The third kappa shape index (κ3) is 8.49. The van der Waals surface area contributed by atoms with Crippen molar-refractivity contribution in [2.75, 3.05) is 26.0 Å². The highest BCUT2D eigenvalue weighted by atomic mass is 35.5. The zero-order valence-electron chi connectivity index (χ0n) is 16.9. The van der Waals surface area contributed by atoms with Crippen LogP contribution in [0.15, 0.2) is 24.3 Å². The van der Waals surface area contributed by atoms with E-state index in [1.807, 2.05) is 13.8 Å². The molecule has 1 aromatic carbocycles. The number of hydrogen-bond acceptors (Lipinski definition) is 5. The van der Waals surface area contributed by atoms with E-state index in [0.29, 0.717) is 10.8 Å². The van der Waals surface area contributed by atoms with E-state index in [0.717, 1.165) is 0 Å². The SMILES string of the molecule is CC(C)C(CS(=O)(=O)N(C)CCOc1ccc(Cl)cc1)C(=O)OC(C)(C)C. The number of rotatable bonds is 9. The van der Waals surface area contributed by atoms with E-state index in [-0.39, 0.29) is 24.8 Å². The van der Waals surface area contributed by atoms with E-state index in [2.05, 4.69) is 0 Å². The molecule has 0 radical (unpaired) electrons. The van der Waals surface area contributed by atoms with Crippen molar-refractivity contribution >= 4 is 27.6 Å². The van der Waals surface area contributed by atoms with Crippen molar-refractivity contribution < 1.29 is 22.7 Å². The van der Waals surface area contributed by atoms with Crippen LogP contribution in [0.5, 0.6) is 5.75 Å². The lowest BCUT2D eigenvalue weighted by atomic mass is 9.98. The van der Waals surface area contributed by atoms with Gasteiger partial charge in [-0.05, 0) is 51.0 Å². The maximum absolute atomic E-state index is 12.6. The van der Waals surface area contributed by atoms with Gasteiger partial charge in [-0.25, -0.2) is 12.7 Å². The second-order valence-corrected chi connectivity index (χ2v) is 10.3. The van der Waals surface area contributed by atoms with Gasteiger partial charge in [0.2, 0.25) is 10.0 Å². The van der Waals surface area contributed by atoms with Crippen LogP contribution < -0.4 is 4.74 Å². The zero-order valence-corrected chi connectivity index (χ0v) is 18.4. The zero-order chi connectivity index (χ0) is 20.8. The molecule has 0 bridgehead atoms. The van der Waals surface area contributed by atoms with E-state index >= 15 is 0 Å². The minimum Gasteiger partial charge on any atom is -0.492 e. The van der Waals surface area contributed by atoms with Gasteiger partial charge in [0.05, 0.1) is 11.7 Å². The van der Waals surface area contributed by atoms with Crippen LogP contribution in [-0.2, 0) is 19.6 Å². The summed E-state index contributed by atoms with van der Waals surface area (Å²) in [6, 6.07) is 6.83. The van der Waals surface area contributed by atoms with Gasteiger partial charge < -0.3 is 9.47 Å². The summed E-state index contributed by atoms with van der Waals surface area (Å²) in [5.41, 5.74) is -0.660. The molecule has 0 spiro atoms. The summed E-state index contributed by atoms with van der Waals surface area (Å²) in [7, 11) is -2.16. The maximum Gasteiger partial charge on any atom is 0.310 e. The van der Waals surface area contributed by atoms with Crippen LogP contribution in [0.3, 0.4) is 0 Å². The van der Waals surface area contributed by atoms with E-state index in [4.69, 9.17) is 21.1 Å². The minimum absolute atomic E-state index is 0.159. The van der Waals surface area contributed by atoms with Gasteiger partial charge in [-0.1, -0.05) is 25.4 Å². The molecule has 0 saturated heterocycles. The molecular weight excluding hydrogens is 390 g/mol. The molecule has 1 aromatic rings. The fraction of sp³-hybridized carbons (Fsp3) is 0.632. The molecule has 0 amide bonds. The first-order chi connectivity index (χ1) is 12.3. The van der Waals surface area contributed by atoms with Crippen molar-refractivity contribution in [2.24, 2.45) is 11.8 Å². The third-order valence-electron chi connectivity index (χ3n) is 3.87. The molecule has 0 N–H and O–H groups in total. The van der Waals surface area contributed by atoms with Crippen molar-refractivity contribution in [1.29, 1.82) is 0 Å². The Bertz CT molecular complexity index is 711. The van der Waals surface area contributed by atoms with Gasteiger partial charge in [-0.15, -0.1) is 0 Å². The van der Waals surface area contributed by atoms with Crippen molar-refractivity contribution in [3.8, 4) is 5.75 Å². The first kappa shape index (κ1) is 23.7. The topological polar surface area (TPSA) is 72.9 Å². The molecule has 1 rings (SSSR count). The lowest BCUT2D eigenvalue weighted by Crippen LogP contribution is -2.40. The lowest BCUT2D eigenvalue weighted by molar-refractivity contribution is -0.160. The number of nitrogens with zero attached hydrogens (tertiary/aromatic N) is 1. The molecular formula is C19H30ClNO5S. The fourth-order valence-electron chi connectivity index (χ4n) is 2.23. The Kier molecular flexibility index (Phi) is 8.57. The Morgan fingerprint density at radius 2 is 1.74 bits per heavy atom. The molecule has 1 atom stereocenters. The fourth-order valence-corrected chi connectivity index (χ4v) is 3.93. The molecule has 27 heavy (non-hydrogen) atoms. The number of sulfonamides is 1. The highest BCUT2D eigenvalue weighted by Gasteiger charge is 2.33. The van der Waals surface area contributed by atoms with Gasteiger partial charge in [-0.2, -0.15) is 0 Å². The quantitative estimate of drug-likeness (QED) is 0.572. The van der Waals surface area contributed by atoms with Gasteiger partial charge in [0.1, 0.15) is 18.0 Å². The average molecular weight is 420 g/mol. The average Bonchev–Trinajstić information content (AvgIpc) is 2.52. The van der Waals surface area contributed by atoms with Gasteiger partial charge in [-0.3, -0.25) is 4.79 Å². The van der Waals surface area contributed by atoms with Crippen molar-refractivity contribution in [1.82, 2.24) is 4.31 Å². The molecule has 6 nitrogen and oxygen atoms in total. The molecule has 8 heteroatoms. The summed E-state index contributed by atoms with van der Waals surface area (Å²) in [5, 5.41) is 0.601. The number of carbonyl (C=O) groups excluding carboxylic acids is 1. The molecule has 154 valence electrons. The monoisotopic (exact) mass is 419 g/mol. The van der Waals surface area contributed by atoms with Crippen molar-refractivity contribution in [2.45, 2.75) is 40.2 Å². The number of benzene rings is 1. The van der Waals surface area contributed by atoms with Gasteiger partial charge in [0, 0.05) is 18.6 Å². The van der Waals surface area contributed by atoms with Crippen LogP contribution in [0, 0.1) is 11.8 Å². The Hall–Kier alpha value is -1.31. The van der Waals surface area contributed by atoms with Crippen LogP contribution in [-0.4, -0.2) is 50.2 Å². The Labute approximate surface area is 167 Å². The lowest BCUT2D eigenvalue weighted by Gasteiger charge is -2.27. The smallest absolute Gasteiger partial charge is 0.310 e. The van der Waals surface area contributed by atoms with Gasteiger partial charge in [0.25, 0.3) is 0 Å². The molecule has 0 aliphatic carbocycles. The summed E-state index contributed by atoms with van der Waals surface area (Å²) in [5.74, 6) is -1.06. The maximum atomic E-state index is 12.6. The molecule has 0 aromatic heterocycles. The van der Waals surface area contributed by atoms with Crippen LogP contribution >= 0.6 is 11.6 Å². The highest BCUT2D eigenvalue weighted by Crippen LogP contribution is 2.21. The predicted octanol–water partition coefficient (Wildman–Crippen LogP) is 3.59. The molecule has 0 saturated carbocycles. The molecule has 0 fully saturated rings. The van der Waals surface area contributed by atoms with Gasteiger partial charge in [0.15, 0.2) is 0 Å². The molecule has 0 aliphatic rings. The first-order valence-corrected chi connectivity index (χ1v) is 10.9. The van der Waals surface area contributed by atoms with Crippen LogP contribution in [0.4, 0.5) is 0 Å². The summed E-state index contributed by atoms with van der Waals surface area (Å²) in [6.45, 7) is 9.27. The van der Waals surface area contributed by atoms with E-state index in [9.17, 15) is 13.2 Å². The largest absolute Gasteiger partial charge is 0.492 e. The van der Waals surface area contributed by atoms with Crippen LogP contribution in [0.25, 0.3) is 0 Å². The Balaban J connectivity index is 2.66. The Morgan fingerprint density at radius 3 is 2.22 bits per heavy atom. The van der Waals surface area contributed by atoms with E-state index in [1.54, 1.807) is 45.0 Å². The second-order valence-electron chi connectivity index (χ2n) is 7.79. The third-order valence-corrected chi connectivity index (χ3v) is 6.03. The number of ether oxygens (including phenoxy) is 2. The number of carbonyl (C=O) groups is 1.